The van der Waals surface area contributed by atoms with Crippen molar-refractivity contribution in [3.05, 3.63) is 75.9 Å². The van der Waals surface area contributed by atoms with Crippen LogP contribution in [0.3, 0.4) is 0 Å². The molecule has 0 fully saturated rings. The van der Waals surface area contributed by atoms with Crippen molar-refractivity contribution in [2.24, 2.45) is 5.73 Å². The predicted octanol–water partition coefficient (Wildman–Crippen LogP) is 3.74. The van der Waals surface area contributed by atoms with Gasteiger partial charge in [-0.2, -0.15) is 0 Å². The van der Waals surface area contributed by atoms with E-state index in [0.29, 0.717) is 12.1 Å². The average Bonchev–Trinajstić information content (AvgIpc) is 3.09. The number of benzene rings is 2. The van der Waals surface area contributed by atoms with Gasteiger partial charge >= 0.3 is 5.97 Å². The summed E-state index contributed by atoms with van der Waals surface area (Å²) in [7, 11) is 0. The van der Waals surface area contributed by atoms with Crippen LogP contribution in [0.4, 0.5) is 0 Å². The number of carboxylic acid groups (broad SMARTS) is 1. The van der Waals surface area contributed by atoms with Crippen LogP contribution in [-0.2, 0) is 17.6 Å². The summed E-state index contributed by atoms with van der Waals surface area (Å²) >= 11 is 1.71. The molecule has 162 valence electrons. The van der Waals surface area contributed by atoms with E-state index in [9.17, 15) is 9.59 Å². The Kier molecular flexibility index (Phi) is 7.55. The van der Waals surface area contributed by atoms with Gasteiger partial charge in [0.2, 0.25) is 0 Å². The number of carboxylic acids is 1. The molecule has 1 aromatic heterocycles. The fourth-order valence-corrected chi connectivity index (χ4v) is 4.44. The molecule has 3 aromatic rings. The molecule has 1 unspecified atom stereocenters. The van der Waals surface area contributed by atoms with Crippen LogP contribution >= 0.6 is 11.3 Å². The third-order valence-corrected chi connectivity index (χ3v) is 6.17. The molecule has 0 bridgehead atoms. The summed E-state index contributed by atoms with van der Waals surface area (Å²) in [6.07, 6.45) is 1.92. The normalized spacial score (nSPS) is 11.8. The van der Waals surface area contributed by atoms with E-state index in [2.05, 4.69) is 22.4 Å². The Hall–Kier alpha value is -3.03. The van der Waals surface area contributed by atoms with Crippen LogP contribution in [-0.4, -0.2) is 34.6 Å². The summed E-state index contributed by atoms with van der Waals surface area (Å²) < 4.78 is 0. The first kappa shape index (κ1) is 22.7. The maximum atomic E-state index is 12.4. The molecule has 0 aliphatic carbocycles. The highest BCUT2D eigenvalue weighted by atomic mass is 32.1. The summed E-state index contributed by atoms with van der Waals surface area (Å²) in [6.45, 7) is 4.63. The molecule has 31 heavy (non-hydrogen) atoms. The molecule has 0 saturated carbocycles. The van der Waals surface area contributed by atoms with E-state index in [1.54, 1.807) is 35.6 Å². The zero-order valence-corrected chi connectivity index (χ0v) is 18.5. The number of aromatic nitrogens is 1. The Bertz CT molecular complexity index is 1060. The molecule has 3 rings (SSSR count). The lowest BCUT2D eigenvalue weighted by Crippen LogP contribution is -2.32. The van der Waals surface area contributed by atoms with Crippen molar-refractivity contribution in [3.8, 4) is 10.4 Å². The third kappa shape index (κ3) is 5.99. The number of carbonyl (C=O) groups excluding carboxylic acids is 1. The molecule has 1 amide bonds. The maximum Gasteiger partial charge on any atom is 0.320 e. The van der Waals surface area contributed by atoms with Gasteiger partial charge in [-0.05, 0) is 61.9 Å². The number of nitrogens with one attached hydrogen (secondary N) is 1. The van der Waals surface area contributed by atoms with Crippen molar-refractivity contribution in [2.45, 2.75) is 39.2 Å². The Labute approximate surface area is 186 Å². The monoisotopic (exact) mass is 437 g/mol. The predicted molar refractivity (Wildman–Crippen MR) is 123 cm³/mol. The van der Waals surface area contributed by atoms with Crippen molar-refractivity contribution >= 4 is 23.2 Å². The minimum atomic E-state index is -1.04. The van der Waals surface area contributed by atoms with E-state index in [-0.39, 0.29) is 12.3 Å². The molecule has 7 heteroatoms. The average molecular weight is 438 g/mol. The maximum absolute atomic E-state index is 12.4. The minimum Gasteiger partial charge on any atom is -0.480 e. The summed E-state index contributed by atoms with van der Waals surface area (Å²) in [4.78, 5) is 29.0. The SMILES string of the molecule is Cc1nc(C)c(-c2ccccc2CCCNC(=O)c2ccc(CC(N)C(=O)O)cc2)s1. The van der Waals surface area contributed by atoms with Crippen LogP contribution < -0.4 is 11.1 Å². The van der Waals surface area contributed by atoms with E-state index < -0.39 is 12.0 Å². The van der Waals surface area contributed by atoms with Gasteiger partial charge in [0.15, 0.2) is 0 Å². The van der Waals surface area contributed by atoms with Gasteiger partial charge in [0, 0.05) is 12.1 Å². The van der Waals surface area contributed by atoms with Crippen LogP contribution in [0.15, 0.2) is 48.5 Å². The largest absolute Gasteiger partial charge is 0.480 e. The van der Waals surface area contributed by atoms with Crippen molar-refractivity contribution in [3.63, 3.8) is 0 Å². The molecule has 2 aromatic carbocycles. The molecule has 0 spiro atoms. The molecule has 6 nitrogen and oxygen atoms in total. The van der Waals surface area contributed by atoms with Crippen LogP contribution in [0.5, 0.6) is 0 Å². The number of rotatable bonds is 9. The van der Waals surface area contributed by atoms with Gasteiger partial charge < -0.3 is 16.2 Å². The van der Waals surface area contributed by atoms with E-state index in [4.69, 9.17) is 10.8 Å². The molecule has 1 atom stereocenters. The van der Waals surface area contributed by atoms with E-state index >= 15 is 0 Å². The standard InChI is InChI=1S/C24H27N3O3S/c1-15-22(31-16(2)27-15)20-8-4-3-6-18(20)7-5-13-26-23(28)19-11-9-17(10-12-19)14-21(25)24(29)30/h3-4,6,8-12,21H,5,7,13-14,25H2,1-2H3,(H,26,28)(H,29,30). The second kappa shape index (κ2) is 10.3. The van der Waals surface area contributed by atoms with Gasteiger partial charge in [-0.25, -0.2) is 4.98 Å². The van der Waals surface area contributed by atoms with Gasteiger partial charge in [0.25, 0.3) is 5.91 Å². The molecule has 1 heterocycles. The highest BCUT2D eigenvalue weighted by Gasteiger charge is 2.13. The van der Waals surface area contributed by atoms with Gasteiger partial charge in [0.05, 0.1) is 15.6 Å². The van der Waals surface area contributed by atoms with Gasteiger partial charge in [-0.3, -0.25) is 9.59 Å². The first-order chi connectivity index (χ1) is 14.8. The molecular weight excluding hydrogens is 410 g/mol. The Morgan fingerprint density at radius 3 is 2.48 bits per heavy atom. The van der Waals surface area contributed by atoms with Crippen LogP contribution in [0.1, 0.15) is 38.6 Å². The number of thiazole rings is 1. The molecule has 0 saturated heterocycles. The molecular formula is C24H27N3O3S. The smallest absolute Gasteiger partial charge is 0.320 e. The van der Waals surface area contributed by atoms with Crippen molar-refractivity contribution in [1.29, 1.82) is 0 Å². The van der Waals surface area contributed by atoms with Crippen molar-refractivity contribution in [1.82, 2.24) is 10.3 Å². The first-order valence-corrected chi connectivity index (χ1v) is 11.0. The Morgan fingerprint density at radius 2 is 1.84 bits per heavy atom. The lowest BCUT2D eigenvalue weighted by atomic mass is 10.0. The zero-order valence-electron chi connectivity index (χ0n) is 17.7. The second-order valence-corrected chi connectivity index (χ2v) is 8.71. The number of carbonyl (C=O) groups is 2. The Balaban J connectivity index is 1.53. The van der Waals surface area contributed by atoms with Crippen LogP contribution in [0.25, 0.3) is 10.4 Å². The lowest BCUT2D eigenvalue weighted by Gasteiger charge is -2.10. The number of amides is 1. The molecule has 0 aliphatic heterocycles. The molecule has 4 N–H and O–H groups in total. The van der Waals surface area contributed by atoms with Gasteiger partial charge in [0.1, 0.15) is 6.04 Å². The fourth-order valence-electron chi connectivity index (χ4n) is 3.46. The lowest BCUT2D eigenvalue weighted by molar-refractivity contribution is -0.138. The second-order valence-electron chi connectivity index (χ2n) is 7.51. The van der Waals surface area contributed by atoms with Crippen LogP contribution in [0, 0.1) is 13.8 Å². The number of aliphatic carboxylic acids is 1. The van der Waals surface area contributed by atoms with E-state index in [0.717, 1.165) is 29.1 Å². The van der Waals surface area contributed by atoms with E-state index in [1.807, 2.05) is 26.0 Å². The summed E-state index contributed by atoms with van der Waals surface area (Å²) in [5.74, 6) is -1.18. The quantitative estimate of drug-likeness (QED) is 0.442. The Morgan fingerprint density at radius 1 is 1.13 bits per heavy atom. The number of nitrogens with two attached hydrogens (primary N) is 1. The third-order valence-electron chi connectivity index (χ3n) is 5.06. The van der Waals surface area contributed by atoms with E-state index in [1.165, 1.54) is 16.0 Å². The van der Waals surface area contributed by atoms with Crippen molar-refractivity contribution in [2.75, 3.05) is 6.54 Å². The minimum absolute atomic E-state index is 0.142. The summed E-state index contributed by atoms with van der Waals surface area (Å²) in [6, 6.07) is 14.3. The topological polar surface area (TPSA) is 105 Å². The number of hydrogen-bond donors (Lipinski definition) is 3. The number of nitrogens with zero attached hydrogens (tertiary/aromatic N) is 1. The highest BCUT2D eigenvalue weighted by Crippen LogP contribution is 2.32. The zero-order chi connectivity index (χ0) is 22.4. The highest BCUT2D eigenvalue weighted by molar-refractivity contribution is 7.15. The molecule has 0 aliphatic rings. The fraction of sp³-hybridized carbons (Fsp3) is 0.292. The van der Waals surface area contributed by atoms with Gasteiger partial charge in [-0.15, -0.1) is 11.3 Å². The van der Waals surface area contributed by atoms with Gasteiger partial charge in [-0.1, -0.05) is 36.4 Å². The van der Waals surface area contributed by atoms with Crippen LogP contribution in [0.2, 0.25) is 0 Å². The van der Waals surface area contributed by atoms with Crippen molar-refractivity contribution < 1.29 is 14.7 Å². The number of hydrogen-bond acceptors (Lipinski definition) is 5. The first-order valence-electron chi connectivity index (χ1n) is 10.2. The molecule has 0 radical (unpaired) electrons. The summed E-state index contributed by atoms with van der Waals surface area (Å²) in [5.41, 5.74) is 10.4. The summed E-state index contributed by atoms with van der Waals surface area (Å²) in [5, 5.41) is 12.9. The number of aryl methyl sites for hydroxylation is 3.